The molecular weight excluding hydrogens is 243 g/mol. The molecule has 0 aromatic heterocycles. The Balaban J connectivity index is 1.67. The Kier molecular flexibility index (Phi) is 3.36. The first kappa shape index (κ1) is 12.4. The van der Waals surface area contributed by atoms with Crippen LogP contribution >= 0.6 is 0 Å². The lowest BCUT2D eigenvalue weighted by molar-refractivity contribution is 0.0189. The van der Waals surface area contributed by atoms with Gasteiger partial charge >= 0.3 is 0 Å². The van der Waals surface area contributed by atoms with Crippen LogP contribution in [0.3, 0.4) is 0 Å². The van der Waals surface area contributed by atoms with Crippen LogP contribution in [0.25, 0.3) is 0 Å². The van der Waals surface area contributed by atoms with Gasteiger partial charge in [-0.05, 0) is 12.1 Å². The summed E-state index contributed by atoms with van der Waals surface area (Å²) in [5.74, 6) is -0.457. The van der Waals surface area contributed by atoms with E-state index in [-0.39, 0.29) is 5.56 Å². The van der Waals surface area contributed by atoms with Crippen LogP contribution < -0.4 is 5.32 Å². The van der Waals surface area contributed by atoms with Crippen molar-refractivity contribution in [3.05, 3.63) is 29.6 Å². The number of anilines is 1. The van der Waals surface area contributed by atoms with Crippen molar-refractivity contribution in [2.45, 2.75) is 6.04 Å². The summed E-state index contributed by atoms with van der Waals surface area (Å²) in [7, 11) is 0. The molecule has 1 atom stereocenters. The molecule has 2 bridgehead atoms. The summed E-state index contributed by atoms with van der Waals surface area (Å²) in [5.41, 5.74) is 0.707. The maximum absolute atomic E-state index is 13.5. The molecule has 3 heterocycles. The second kappa shape index (κ2) is 5.16. The first-order valence-corrected chi connectivity index (χ1v) is 6.67. The first-order valence-electron chi connectivity index (χ1n) is 6.67. The van der Waals surface area contributed by atoms with Crippen LogP contribution in [-0.4, -0.2) is 55.1 Å². The molecule has 0 radical (unpaired) electrons. The minimum atomic E-state index is -0.457. The van der Waals surface area contributed by atoms with Crippen LogP contribution in [-0.2, 0) is 0 Å². The summed E-state index contributed by atoms with van der Waals surface area (Å²) < 4.78 is 13.5. The van der Waals surface area contributed by atoms with Gasteiger partial charge in [0.15, 0.2) is 0 Å². The van der Waals surface area contributed by atoms with Crippen molar-refractivity contribution in [3.8, 4) is 6.07 Å². The lowest BCUT2D eigenvalue weighted by Crippen LogP contribution is -2.62. The van der Waals surface area contributed by atoms with E-state index >= 15 is 0 Å². The number of nitrogens with zero attached hydrogens (tertiary/aromatic N) is 3. The minimum Gasteiger partial charge on any atom is -0.382 e. The summed E-state index contributed by atoms with van der Waals surface area (Å²) in [6.45, 7) is 6.35. The molecule has 5 heteroatoms. The topological polar surface area (TPSA) is 42.3 Å². The molecular formula is C14H17FN4. The van der Waals surface area contributed by atoms with E-state index in [9.17, 15) is 4.39 Å². The molecule has 3 aliphatic rings. The second-order valence-electron chi connectivity index (χ2n) is 5.15. The number of hydrogen-bond donors (Lipinski definition) is 1. The molecule has 3 saturated heterocycles. The summed E-state index contributed by atoms with van der Waals surface area (Å²) in [6.07, 6.45) is 0. The Morgan fingerprint density at radius 1 is 1.32 bits per heavy atom. The number of hydrogen-bond acceptors (Lipinski definition) is 4. The molecule has 100 valence electrons. The molecule has 0 saturated carbocycles. The number of benzene rings is 1. The summed E-state index contributed by atoms with van der Waals surface area (Å²) in [6, 6.07) is 7.10. The molecule has 19 heavy (non-hydrogen) atoms. The van der Waals surface area contributed by atoms with Gasteiger partial charge in [-0.2, -0.15) is 5.26 Å². The van der Waals surface area contributed by atoms with Crippen molar-refractivity contribution in [2.24, 2.45) is 0 Å². The molecule has 3 aliphatic heterocycles. The zero-order valence-electron chi connectivity index (χ0n) is 10.8. The van der Waals surface area contributed by atoms with Crippen molar-refractivity contribution in [3.63, 3.8) is 0 Å². The van der Waals surface area contributed by atoms with Gasteiger partial charge < -0.3 is 5.32 Å². The second-order valence-corrected chi connectivity index (χ2v) is 5.15. The highest BCUT2D eigenvalue weighted by Crippen LogP contribution is 2.20. The van der Waals surface area contributed by atoms with Gasteiger partial charge in [-0.15, -0.1) is 0 Å². The number of nitrogens with one attached hydrogen (secondary N) is 1. The van der Waals surface area contributed by atoms with E-state index < -0.39 is 5.82 Å². The summed E-state index contributed by atoms with van der Waals surface area (Å²) in [4.78, 5) is 4.93. The van der Waals surface area contributed by atoms with Crippen LogP contribution in [0.5, 0.6) is 0 Å². The normalized spacial score (nSPS) is 28.9. The Morgan fingerprint density at radius 3 is 2.74 bits per heavy atom. The van der Waals surface area contributed by atoms with Crippen molar-refractivity contribution in [2.75, 3.05) is 44.6 Å². The molecule has 0 spiro atoms. The van der Waals surface area contributed by atoms with E-state index in [1.807, 2.05) is 6.07 Å². The van der Waals surface area contributed by atoms with Crippen molar-refractivity contribution >= 4 is 5.69 Å². The monoisotopic (exact) mass is 260 g/mol. The quantitative estimate of drug-likeness (QED) is 0.884. The van der Waals surface area contributed by atoms with E-state index in [1.54, 1.807) is 12.1 Å². The number of rotatable bonds is 3. The zero-order valence-corrected chi connectivity index (χ0v) is 10.8. The Morgan fingerprint density at radius 2 is 2.11 bits per heavy atom. The number of fused-ring (bicyclic) bond motifs is 3. The molecule has 0 amide bonds. The van der Waals surface area contributed by atoms with Gasteiger partial charge in [-0.25, -0.2) is 4.39 Å². The fourth-order valence-corrected chi connectivity index (χ4v) is 2.93. The predicted molar refractivity (Wildman–Crippen MR) is 71.4 cm³/mol. The third-order valence-corrected chi connectivity index (χ3v) is 4.05. The number of nitriles is 1. The van der Waals surface area contributed by atoms with E-state index in [1.165, 1.54) is 6.07 Å². The largest absolute Gasteiger partial charge is 0.382 e. The fraction of sp³-hybridized carbons (Fsp3) is 0.500. The van der Waals surface area contributed by atoms with Gasteiger partial charge in [0, 0.05) is 45.3 Å². The van der Waals surface area contributed by atoms with Crippen LogP contribution in [0.15, 0.2) is 18.2 Å². The van der Waals surface area contributed by atoms with E-state index in [4.69, 9.17) is 5.26 Å². The van der Waals surface area contributed by atoms with Crippen LogP contribution in [0, 0.1) is 17.1 Å². The molecule has 1 aromatic carbocycles. The minimum absolute atomic E-state index is 0.110. The highest BCUT2D eigenvalue weighted by atomic mass is 19.1. The molecule has 1 unspecified atom stereocenters. The van der Waals surface area contributed by atoms with Gasteiger partial charge in [0.25, 0.3) is 0 Å². The van der Waals surface area contributed by atoms with E-state index in [0.29, 0.717) is 11.7 Å². The molecule has 3 fully saturated rings. The van der Waals surface area contributed by atoms with E-state index in [2.05, 4.69) is 15.1 Å². The van der Waals surface area contributed by atoms with Crippen LogP contribution in [0.1, 0.15) is 5.56 Å². The van der Waals surface area contributed by atoms with Crippen molar-refractivity contribution in [1.82, 2.24) is 9.80 Å². The highest BCUT2D eigenvalue weighted by molar-refractivity contribution is 5.57. The van der Waals surface area contributed by atoms with Crippen LogP contribution in [0.2, 0.25) is 0 Å². The average Bonchev–Trinajstić information content (AvgIpc) is 2.46. The third-order valence-electron chi connectivity index (χ3n) is 4.05. The third kappa shape index (κ3) is 2.42. The Hall–Kier alpha value is -1.64. The molecule has 1 aromatic rings. The van der Waals surface area contributed by atoms with Gasteiger partial charge in [0.2, 0.25) is 0 Å². The average molecular weight is 260 g/mol. The Labute approximate surface area is 112 Å². The standard InChI is InChI=1S/C14H17FN4/c15-13-2-1-3-14(12(13)8-16)17-9-11-10-18-4-6-19(11)7-5-18/h1-3,11,17H,4-7,9-10H2. The van der Waals surface area contributed by atoms with Crippen molar-refractivity contribution < 1.29 is 4.39 Å². The maximum Gasteiger partial charge on any atom is 0.143 e. The molecule has 1 N–H and O–H groups in total. The van der Waals surface area contributed by atoms with Crippen LogP contribution in [0.4, 0.5) is 10.1 Å². The number of halogens is 1. The predicted octanol–water partition coefficient (Wildman–Crippen LogP) is 1.11. The van der Waals surface area contributed by atoms with Gasteiger partial charge in [-0.3, -0.25) is 9.80 Å². The zero-order chi connectivity index (χ0) is 13.2. The van der Waals surface area contributed by atoms with Gasteiger partial charge in [-0.1, -0.05) is 6.07 Å². The number of piperazine rings is 3. The summed E-state index contributed by atoms with van der Waals surface area (Å²) in [5, 5.41) is 12.2. The maximum atomic E-state index is 13.5. The molecule has 0 aliphatic carbocycles. The fourth-order valence-electron chi connectivity index (χ4n) is 2.93. The highest BCUT2D eigenvalue weighted by Gasteiger charge is 2.31. The van der Waals surface area contributed by atoms with Crippen molar-refractivity contribution in [1.29, 1.82) is 5.26 Å². The lowest BCUT2D eigenvalue weighted by atomic mass is 10.1. The van der Waals surface area contributed by atoms with E-state index in [0.717, 1.165) is 39.3 Å². The molecule has 4 nitrogen and oxygen atoms in total. The summed E-state index contributed by atoms with van der Waals surface area (Å²) >= 11 is 0. The lowest BCUT2D eigenvalue weighted by Gasteiger charge is -2.47. The Bertz CT molecular complexity index is 503. The molecule has 4 rings (SSSR count). The van der Waals surface area contributed by atoms with Gasteiger partial charge in [0.1, 0.15) is 17.4 Å². The SMILES string of the molecule is N#Cc1c(F)cccc1NCC1CN2CCN1CC2. The smallest absolute Gasteiger partial charge is 0.143 e. The first-order chi connectivity index (χ1) is 9.28. The van der Waals surface area contributed by atoms with Gasteiger partial charge in [0.05, 0.1) is 5.69 Å².